The van der Waals surface area contributed by atoms with Gasteiger partial charge in [0.1, 0.15) is 0 Å². The van der Waals surface area contributed by atoms with Crippen LogP contribution in [0.2, 0.25) is 0 Å². The summed E-state index contributed by atoms with van der Waals surface area (Å²) in [6.45, 7) is 0. The molecule has 0 aromatic heterocycles. The van der Waals surface area contributed by atoms with E-state index in [4.69, 9.17) is 5.26 Å². The number of rotatable bonds is 2. The second kappa shape index (κ2) is 5.20. The summed E-state index contributed by atoms with van der Waals surface area (Å²) in [7, 11) is 0. The second-order valence-corrected chi connectivity index (χ2v) is 5.14. The van der Waals surface area contributed by atoms with Crippen molar-refractivity contribution < 1.29 is 0 Å². The maximum absolute atomic E-state index is 8.77. The lowest BCUT2D eigenvalue weighted by Crippen LogP contribution is -1.79. The first-order valence-electron chi connectivity index (χ1n) is 4.72. The van der Waals surface area contributed by atoms with E-state index in [9.17, 15) is 0 Å². The molecule has 0 aliphatic carbocycles. The van der Waals surface area contributed by atoms with Crippen molar-refractivity contribution in [1.82, 2.24) is 0 Å². The summed E-state index contributed by atoms with van der Waals surface area (Å²) in [6.07, 6.45) is 0. The van der Waals surface area contributed by atoms with Crippen LogP contribution in [-0.2, 0) is 0 Å². The molecule has 0 N–H and O–H groups in total. The van der Waals surface area contributed by atoms with Crippen LogP contribution < -0.4 is 0 Å². The molecular weight excluding hydrogens is 282 g/mol. The zero-order chi connectivity index (χ0) is 11.4. The fourth-order valence-corrected chi connectivity index (χ4v) is 2.73. The SMILES string of the molecule is N#Cc1ccc(Sc2ccccc2)c(Br)c1. The molecule has 0 aliphatic rings. The molecular formula is C13H8BrNS. The molecule has 3 heteroatoms. The van der Waals surface area contributed by atoms with E-state index in [1.807, 2.05) is 36.4 Å². The minimum atomic E-state index is 0.671. The standard InChI is InChI=1S/C13H8BrNS/c14-12-8-10(9-15)6-7-13(12)16-11-4-2-1-3-5-11/h1-8H. The van der Waals surface area contributed by atoms with E-state index in [2.05, 4.69) is 34.1 Å². The molecule has 2 rings (SSSR count). The van der Waals surface area contributed by atoms with E-state index in [1.54, 1.807) is 11.8 Å². The van der Waals surface area contributed by atoms with Crippen LogP contribution in [0.4, 0.5) is 0 Å². The van der Waals surface area contributed by atoms with Crippen molar-refractivity contribution in [1.29, 1.82) is 5.26 Å². The Hall–Kier alpha value is -1.24. The predicted molar refractivity (Wildman–Crippen MR) is 69.4 cm³/mol. The van der Waals surface area contributed by atoms with Crippen LogP contribution in [0.1, 0.15) is 5.56 Å². The summed E-state index contributed by atoms with van der Waals surface area (Å²) >= 11 is 5.15. The van der Waals surface area contributed by atoms with Gasteiger partial charge >= 0.3 is 0 Å². The Morgan fingerprint density at radius 1 is 1.06 bits per heavy atom. The first kappa shape index (κ1) is 11.3. The Labute approximate surface area is 107 Å². The third-order valence-electron chi connectivity index (χ3n) is 2.03. The van der Waals surface area contributed by atoms with E-state index in [1.165, 1.54) is 4.90 Å². The number of benzene rings is 2. The molecule has 0 atom stereocenters. The minimum Gasteiger partial charge on any atom is -0.192 e. The molecule has 0 heterocycles. The van der Waals surface area contributed by atoms with Gasteiger partial charge in [-0.25, -0.2) is 0 Å². The van der Waals surface area contributed by atoms with Crippen molar-refractivity contribution in [2.45, 2.75) is 9.79 Å². The molecule has 0 spiro atoms. The van der Waals surface area contributed by atoms with Gasteiger partial charge in [0.25, 0.3) is 0 Å². The third-order valence-corrected chi connectivity index (χ3v) is 4.03. The van der Waals surface area contributed by atoms with Crippen molar-refractivity contribution >= 4 is 27.7 Å². The van der Waals surface area contributed by atoms with E-state index in [0.717, 1.165) is 9.37 Å². The van der Waals surface area contributed by atoms with Gasteiger partial charge in [0.2, 0.25) is 0 Å². The van der Waals surface area contributed by atoms with Crippen LogP contribution in [0.15, 0.2) is 62.8 Å². The lowest BCUT2D eigenvalue weighted by Gasteiger charge is -2.04. The van der Waals surface area contributed by atoms with Crippen LogP contribution in [0.5, 0.6) is 0 Å². The first-order chi connectivity index (χ1) is 7.79. The Bertz CT molecular complexity index is 531. The predicted octanol–water partition coefficient (Wildman–Crippen LogP) is 4.47. The van der Waals surface area contributed by atoms with Gasteiger partial charge in [0, 0.05) is 14.3 Å². The van der Waals surface area contributed by atoms with Crippen molar-refractivity contribution in [2.24, 2.45) is 0 Å². The third kappa shape index (κ3) is 2.66. The largest absolute Gasteiger partial charge is 0.192 e. The molecule has 0 bridgehead atoms. The lowest BCUT2D eigenvalue weighted by atomic mass is 10.2. The van der Waals surface area contributed by atoms with Crippen LogP contribution in [-0.4, -0.2) is 0 Å². The number of halogens is 1. The summed E-state index contributed by atoms with van der Waals surface area (Å²) in [5.74, 6) is 0. The Balaban J connectivity index is 2.27. The normalized spacial score (nSPS) is 9.75. The van der Waals surface area contributed by atoms with E-state index < -0.39 is 0 Å². The highest BCUT2D eigenvalue weighted by atomic mass is 79.9. The van der Waals surface area contributed by atoms with Crippen molar-refractivity contribution in [3.05, 3.63) is 58.6 Å². The smallest absolute Gasteiger partial charge is 0.0992 e. The second-order valence-electron chi connectivity index (χ2n) is 3.17. The lowest BCUT2D eigenvalue weighted by molar-refractivity contribution is 1.35. The van der Waals surface area contributed by atoms with Gasteiger partial charge in [0.15, 0.2) is 0 Å². The van der Waals surface area contributed by atoms with Gasteiger partial charge < -0.3 is 0 Å². The van der Waals surface area contributed by atoms with E-state index >= 15 is 0 Å². The van der Waals surface area contributed by atoms with E-state index in [0.29, 0.717) is 5.56 Å². The van der Waals surface area contributed by atoms with Gasteiger partial charge in [0.05, 0.1) is 11.6 Å². The average molecular weight is 290 g/mol. The summed E-state index contributed by atoms with van der Waals surface area (Å²) in [6, 6.07) is 17.9. The summed E-state index contributed by atoms with van der Waals surface area (Å²) in [5.41, 5.74) is 0.671. The molecule has 0 saturated heterocycles. The molecule has 0 amide bonds. The zero-order valence-electron chi connectivity index (χ0n) is 8.35. The molecule has 0 saturated carbocycles. The monoisotopic (exact) mass is 289 g/mol. The Morgan fingerprint density at radius 2 is 1.81 bits per heavy atom. The minimum absolute atomic E-state index is 0.671. The molecule has 2 aromatic carbocycles. The highest BCUT2D eigenvalue weighted by Gasteiger charge is 2.03. The average Bonchev–Trinajstić information content (AvgIpc) is 2.33. The molecule has 0 aliphatic heterocycles. The van der Waals surface area contributed by atoms with E-state index in [-0.39, 0.29) is 0 Å². The molecule has 2 aromatic rings. The van der Waals surface area contributed by atoms with Crippen molar-refractivity contribution in [3.63, 3.8) is 0 Å². The Morgan fingerprint density at radius 3 is 2.44 bits per heavy atom. The van der Waals surface area contributed by atoms with Gasteiger partial charge in [-0.05, 0) is 46.3 Å². The highest BCUT2D eigenvalue weighted by molar-refractivity contribution is 9.10. The fraction of sp³-hybridized carbons (Fsp3) is 0. The number of nitrogens with zero attached hydrogens (tertiary/aromatic N) is 1. The van der Waals surface area contributed by atoms with Crippen LogP contribution in [0.25, 0.3) is 0 Å². The zero-order valence-corrected chi connectivity index (χ0v) is 10.8. The molecule has 16 heavy (non-hydrogen) atoms. The molecule has 0 unspecified atom stereocenters. The van der Waals surface area contributed by atoms with Gasteiger partial charge in [-0.1, -0.05) is 30.0 Å². The quantitative estimate of drug-likeness (QED) is 0.814. The summed E-state index contributed by atoms with van der Waals surface area (Å²) in [5, 5.41) is 8.77. The van der Waals surface area contributed by atoms with Crippen LogP contribution in [0, 0.1) is 11.3 Å². The van der Waals surface area contributed by atoms with Gasteiger partial charge in [-0.15, -0.1) is 0 Å². The summed E-state index contributed by atoms with van der Waals surface area (Å²) < 4.78 is 0.959. The fourth-order valence-electron chi connectivity index (χ4n) is 1.27. The van der Waals surface area contributed by atoms with Gasteiger partial charge in [-0.3, -0.25) is 0 Å². The highest BCUT2D eigenvalue weighted by Crippen LogP contribution is 2.33. The number of hydrogen-bond acceptors (Lipinski definition) is 2. The molecule has 0 fully saturated rings. The van der Waals surface area contributed by atoms with Crippen LogP contribution in [0.3, 0.4) is 0 Å². The van der Waals surface area contributed by atoms with Crippen molar-refractivity contribution in [3.8, 4) is 6.07 Å². The first-order valence-corrected chi connectivity index (χ1v) is 6.33. The van der Waals surface area contributed by atoms with Gasteiger partial charge in [-0.2, -0.15) is 5.26 Å². The molecule has 78 valence electrons. The van der Waals surface area contributed by atoms with Crippen LogP contribution >= 0.6 is 27.7 Å². The topological polar surface area (TPSA) is 23.8 Å². The number of hydrogen-bond donors (Lipinski definition) is 0. The maximum atomic E-state index is 8.77. The maximum Gasteiger partial charge on any atom is 0.0992 e. The number of nitriles is 1. The molecule has 0 radical (unpaired) electrons. The Kier molecular flexibility index (Phi) is 3.66. The van der Waals surface area contributed by atoms with Crippen molar-refractivity contribution in [2.75, 3.05) is 0 Å². The summed E-state index contributed by atoms with van der Waals surface area (Å²) in [4.78, 5) is 2.30. The molecule has 1 nitrogen and oxygen atoms in total.